The van der Waals surface area contributed by atoms with Crippen molar-refractivity contribution in [3.05, 3.63) is 35.1 Å². The largest absolute Gasteiger partial charge is 0.479 e. The topological polar surface area (TPSA) is 66.8 Å². The van der Waals surface area contributed by atoms with Gasteiger partial charge in [0.15, 0.2) is 6.04 Å². The highest BCUT2D eigenvalue weighted by molar-refractivity contribution is 5.81. The molecule has 1 unspecified atom stereocenters. The number of nitrogens with zero attached hydrogens (tertiary/aromatic N) is 1. The number of carbonyl (C=O) groups excluding carboxylic acids is 1. The van der Waals surface area contributed by atoms with Gasteiger partial charge in [-0.05, 0) is 40.7 Å². The molecule has 0 bridgehead atoms. The second-order valence-electron chi connectivity index (χ2n) is 6.03. The molecule has 22 heavy (non-hydrogen) atoms. The second-order valence-corrected chi connectivity index (χ2v) is 6.03. The van der Waals surface area contributed by atoms with Crippen molar-refractivity contribution >= 4 is 12.1 Å². The number of ether oxygens (including phenoxy) is 1. The third kappa shape index (κ3) is 4.44. The summed E-state index contributed by atoms with van der Waals surface area (Å²) < 4.78 is 19.3. The first-order valence-corrected chi connectivity index (χ1v) is 7.05. The Balaban J connectivity index is 3.25. The van der Waals surface area contributed by atoms with Crippen LogP contribution in [0.15, 0.2) is 18.2 Å². The van der Waals surface area contributed by atoms with Crippen molar-refractivity contribution in [2.75, 3.05) is 6.54 Å². The molecule has 0 saturated heterocycles. The molecule has 1 N–H and O–H groups in total. The highest BCUT2D eigenvalue weighted by Gasteiger charge is 2.34. The lowest BCUT2D eigenvalue weighted by Crippen LogP contribution is -2.42. The van der Waals surface area contributed by atoms with Gasteiger partial charge in [0.1, 0.15) is 11.4 Å². The smallest absolute Gasteiger partial charge is 0.411 e. The van der Waals surface area contributed by atoms with E-state index in [1.807, 2.05) is 0 Å². The molecule has 1 aromatic rings. The summed E-state index contributed by atoms with van der Waals surface area (Å²) in [7, 11) is 0. The molecule has 0 aliphatic rings. The van der Waals surface area contributed by atoms with E-state index >= 15 is 0 Å². The van der Waals surface area contributed by atoms with Crippen LogP contribution in [0, 0.1) is 12.7 Å². The number of rotatable bonds is 4. The Morgan fingerprint density at radius 1 is 1.36 bits per heavy atom. The van der Waals surface area contributed by atoms with E-state index in [0.717, 1.165) is 4.90 Å². The van der Waals surface area contributed by atoms with E-state index in [1.165, 1.54) is 12.1 Å². The number of aryl methyl sites for hydroxylation is 1. The maximum atomic E-state index is 14.0. The summed E-state index contributed by atoms with van der Waals surface area (Å²) in [6.07, 6.45) is -0.789. The Bertz CT molecular complexity index is 566. The molecule has 122 valence electrons. The van der Waals surface area contributed by atoms with Gasteiger partial charge in [0, 0.05) is 12.1 Å². The molecular weight excluding hydrogens is 289 g/mol. The molecule has 1 aromatic carbocycles. The fraction of sp³-hybridized carbons (Fsp3) is 0.500. The normalized spacial score (nSPS) is 12.6. The molecule has 1 rings (SSSR count). The van der Waals surface area contributed by atoms with Crippen LogP contribution in [0.3, 0.4) is 0 Å². The zero-order chi connectivity index (χ0) is 17.1. The summed E-state index contributed by atoms with van der Waals surface area (Å²) in [6.45, 7) is 8.48. The first-order valence-electron chi connectivity index (χ1n) is 7.05. The van der Waals surface area contributed by atoms with Crippen molar-refractivity contribution in [3.8, 4) is 0 Å². The summed E-state index contributed by atoms with van der Waals surface area (Å²) in [5.41, 5.74) is -0.110. The Hall–Kier alpha value is -2.11. The molecule has 0 radical (unpaired) electrons. The van der Waals surface area contributed by atoms with Crippen LogP contribution < -0.4 is 0 Å². The number of carboxylic acids is 1. The molecule has 0 aliphatic heterocycles. The summed E-state index contributed by atoms with van der Waals surface area (Å²) in [6, 6.07) is 2.74. The van der Waals surface area contributed by atoms with Gasteiger partial charge < -0.3 is 9.84 Å². The molecule has 0 spiro atoms. The minimum absolute atomic E-state index is 0.0554. The molecule has 0 fully saturated rings. The first kappa shape index (κ1) is 17.9. The van der Waals surface area contributed by atoms with Gasteiger partial charge in [-0.1, -0.05) is 17.7 Å². The molecule has 1 amide bonds. The number of halogens is 1. The molecule has 6 heteroatoms. The third-order valence-corrected chi connectivity index (χ3v) is 2.96. The number of hydrogen-bond donors (Lipinski definition) is 1. The van der Waals surface area contributed by atoms with E-state index in [0.29, 0.717) is 5.56 Å². The number of likely N-dealkylation sites (N-methyl/N-ethyl adjacent to an activating group) is 1. The van der Waals surface area contributed by atoms with Crippen LogP contribution in [-0.2, 0) is 9.53 Å². The van der Waals surface area contributed by atoms with Crippen LogP contribution in [0.25, 0.3) is 0 Å². The van der Waals surface area contributed by atoms with Gasteiger partial charge >= 0.3 is 12.1 Å². The average Bonchev–Trinajstić information content (AvgIpc) is 2.36. The van der Waals surface area contributed by atoms with Crippen molar-refractivity contribution in [2.24, 2.45) is 0 Å². The Labute approximate surface area is 129 Å². The lowest BCUT2D eigenvalue weighted by atomic mass is 10.0. The summed E-state index contributed by atoms with van der Waals surface area (Å²) in [5.74, 6) is -1.97. The van der Waals surface area contributed by atoms with Crippen LogP contribution >= 0.6 is 0 Å². The van der Waals surface area contributed by atoms with E-state index in [4.69, 9.17) is 4.74 Å². The highest BCUT2D eigenvalue weighted by atomic mass is 19.1. The van der Waals surface area contributed by atoms with Crippen molar-refractivity contribution in [1.82, 2.24) is 4.90 Å². The lowest BCUT2D eigenvalue weighted by molar-refractivity contribution is -0.143. The van der Waals surface area contributed by atoms with E-state index < -0.39 is 29.5 Å². The summed E-state index contributed by atoms with van der Waals surface area (Å²) in [5, 5.41) is 9.47. The predicted molar refractivity (Wildman–Crippen MR) is 80.1 cm³/mol. The van der Waals surface area contributed by atoms with Gasteiger partial charge in [0.2, 0.25) is 0 Å². The standard InChI is InChI=1S/C16H22FNO4/c1-6-18(15(21)22-16(3,4)5)13(14(19)20)11-9-10(2)7-8-12(11)17/h7-9,13H,6H2,1-5H3,(H,19,20). The SMILES string of the molecule is CCN(C(=O)OC(C)(C)C)C(C(=O)O)c1cc(C)ccc1F. The maximum absolute atomic E-state index is 14.0. The van der Waals surface area contributed by atoms with Gasteiger partial charge in [0.25, 0.3) is 0 Å². The molecule has 1 atom stereocenters. The van der Waals surface area contributed by atoms with Crippen molar-refractivity contribution in [3.63, 3.8) is 0 Å². The van der Waals surface area contributed by atoms with Crippen molar-refractivity contribution in [1.29, 1.82) is 0 Å². The molecule has 0 heterocycles. The van der Waals surface area contributed by atoms with Crippen LogP contribution in [0.5, 0.6) is 0 Å². The number of aliphatic carboxylic acids is 1. The summed E-state index contributed by atoms with van der Waals surface area (Å²) in [4.78, 5) is 24.8. The number of amides is 1. The van der Waals surface area contributed by atoms with Crippen LogP contribution in [0.4, 0.5) is 9.18 Å². The maximum Gasteiger partial charge on any atom is 0.411 e. The van der Waals surface area contributed by atoms with E-state index in [9.17, 15) is 19.1 Å². The quantitative estimate of drug-likeness (QED) is 0.924. The number of carboxylic acid groups (broad SMARTS) is 1. The predicted octanol–water partition coefficient (Wildman–Crippen LogP) is 3.52. The fourth-order valence-electron chi connectivity index (χ4n) is 2.04. The van der Waals surface area contributed by atoms with Gasteiger partial charge in [0.05, 0.1) is 0 Å². The fourth-order valence-corrected chi connectivity index (χ4v) is 2.04. The molecule has 5 nitrogen and oxygen atoms in total. The van der Waals surface area contributed by atoms with Crippen molar-refractivity contribution in [2.45, 2.75) is 46.3 Å². The van der Waals surface area contributed by atoms with E-state index in [-0.39, 0.29) is 12.1 Å². The Morgan fingerprint density at radius 2 is 1.95 bits per heavy atom. The third-order valence-electron chi connectivity index (χ3n) is 2.96. The number of hydrogen-bond acceptors (Lipinski definition) is 3. The van der Waals surface area contributed by atoms with E-state index in [1.54, 1.807) is 40.7 Å². The Morgan fingerprint density at radius 3 is 2.41 bits per heavy atom. The van der Waals surface area contributed by atoms with Gasteiger partial charge in [-0.2, -0.15) is 0 Å². The van der Waals surface area contributed by atoms with Crippen LogP contribution in [0.1, 0.15) is 44.9 Å². The zero-order valence-electron chi connectivity index (χ0n) is 13.5. The minimum atomic E-state index is -1.43. The molecule has 0 aliphatic carbocycles. The highest BCUT2D eigenvalue weighted by Crippen LogP contribution is 2.26. The Kier molecular flexibility index (Phi) is 5.52. The molecular formula is C16H22FNO4. The van der Waals surface area contributed by atoms with Crippen LogP contribution in [0.2, 0.25) is 0 Å². The van der Waals surface area contributed by atoms with Crippen molar-refractivity contribution < 1.29 is 23.8 Å². The first-order chi connectivity index (χ1) is 10.1. The zero-order valence-corrected chi connectivity index (χ0v) is 13.5. The summed E-state index contributed by atoms with van der Waals surface area (Å²) >= 11 is 0. The average molecular weight is 311 g/mol. The monoisotopic (exact) mass is 311 g/mol. The van der Waals surface area contributed by atoms with Gasteiger partial charge in [-0.15, -0.1) is 0 Å². The van der Waals surface area contributed by atoms with Gasteiger partial charge in [-0.3, -0.25) is 4.90 Å². The van der Waals surface area contributed by atoms with Gasteiger partial charge in [-0.25, -0.2) is 14.0 Å². The molecule has 0 saturated carbocycles. The number of benzene rings is 1. The lowest BCUT2D eigenvalue weighted by Gasteiger charge is -2.31. The van der Waals surface area contributed by atoms with Crippen LogP contribution in [-0.4, -0.2) is 34.2 Å². The second kappa shape index (κ2) is 6.77. The minimum Gasteiger partial charge on any atom is -0.479 e. The molecule has 0 aromatic heterocycles. The number of carbonyl (C=O) groups is 2. The van der Waals surface area contributed by atoms with E-state index in [2.05, 4.69) is 0 Å².